The molecule has 0 N–H and O–H groups in total. The van der Waals surface area contributed by atoms with Crippen LogP contribution in [-0.2, 0) is 4.79 Å². The highest BCUT2D eigenvalue weighted by Gasteiger charge is 2.32. The smallest absolute Gasteiger partial charge is 0.246 e. The van der Waals surface area contributed by atoms with E-state index in [1.54, 1.807) is 12.1 Å². The van der Waals surface area contributed by atoms with E-state index in [1.165, 1.54) is 17.7 Å². The van der Waals surface area contributed by atoms with Gasteiger partial charge in [0, 0.05) is 54.7 Å². The third kappa shape index (κ3) is 4.64. The molecular formula is C31H33FN4O. The molecule has 0 bridgehead atoms. The molecule has 2 aliphatic rings. The lowest BCUT2D eigenvalue weighted by Crippen LogP contribution is -2.52. The summed E-state index contributed by atoms with van der Waals surface area (Å²) in [5.74, 6) is 0.850. The van der Waals surface area contributed by atoms with Gasteiger partial charge >= 0.3 is 0 Å². The Balaban J connectivity index is 1.59. The molecule has 5 nitrogen and oxygen atoms in total. The molecule has 0 unspecified atom stereocenters. The van der Waals surface area contributed by atoms with Gasteiger partial charge in [-0.05, 0) is 60.9 Å². The molecule has 1 fully saturated rings. The van der Waals surface area contributed by atoms with E-state index >= 15 is 0 Å². The molecule has 1 aromatic heterocycles. The topological polar surface area (TPSA) is 39.7 Å². The first-order chi connectivity index (χ1) is 17.9. The maximum absolute atomic E-state index is 14.7. The van der Waals surface area contributed by atoms with E-state index < -0.39 is 0 Å². The third-order valence-electron chi connectivity index (χ3n) is 7.30. The fraction of sp³-hybridized carbons (Fsp3) is 0.290. The van der Waals surface area contributed by atoms with Crippen LogP contribution in [0.25, 0.3) is 17.0 Å². The summed E-state index contributed by atoms with van der Waals surface area (Å²) in [7, 11) is 0. The molecule has 190 valence electrons. The number of carbonyl (C=O) groups excluding carboxylic acids is 1. The van der Waals surface area contributed by atoms with Gasteiger partial charge in [-0.15, -0.1) is 0 Å². The zero-order chi connectivity index (χ0) is 26.1. The molecule has 2 aromatic carbocycles. The molecule has 1 saturated heterocycles. The normalized spacial score (nSPS) is 17.5. The highest BCUT2D eigenvalue weighted by molar-refractivity contribution is 5.87. The van der Waals surface area contributed by atoms with Gasteiger partial charge in [0.1, 0.15) is 11.6 Å². The van der Waals surface area contributed by atoms with Gasteiger partial charge in [0.2, 0.25) is 5.91 Å². The highest BCUT2D eigenvalue weighted by atomic mass is 19.1. The lowest BCUT2D eigenvalue weighted by atomic mass is 9.97. The number of fused-ring (bicyclic) bond motifs is 1. The number of hydrogen-bond acceptors (Lipinski definition) is 4. The van der Waals surface area contributed by atoms with Crippen molar-refractivity contribution in [2.75, 3.05) is 31.1 Å². The summed E-state index contributed by atoms with van der Waals surface area (Å²) in [6, 6.07) is 19.3. The van der Waals surface area contributed by atoms with Crippen molar-refractivity contribution in [1.29, 1.82) is 0 Å². The monoisotopic (exact) mass is 496 g/mol. The Bertz CT molecular complexity index is 1360. The van der Waals surface area contributed by atoms with Crippen LogP contribution in [0.4, 0.5) is 15.9 Å². The number of nitrogens with zero attached hydrogens (tertiary/aromatic N) is 4. The molecule has 2 aliphatic heterocycles. The summed E-state index contributed by atoms with van der Waals surface area (Å²) in [5.41, 5.74) is 5.58. The molecular weight excluding hydrogens is 463 g/mol. The van der Waals surface area contributed by atoms with Gasteiger partial charge in [-0.3, -0.25) is 4.79 Å². The minimum atomic E-state index is -0.285. The fourth-order valence-corrected chi connectivity index (χ4v) is 5.40. The van der Waals surface area contributed by atoms with Crippen LogP contribution in [-0.4, -0.2) is 52.9 Å². The number of hydrogen-bond donors (Lipinski definition) is 0. The Labute approximate surface area is 218 Å². The lowest BCUT2D eigenvalue weighted by molar-refractivity contribution is -0.128. The number of aromatic nitrogens is 1. The summed E-state index contributed by atoms with van der Waals surface area (Å²) in [6.07, 6.45) is 3.64. The molecule has 3 aromatic rings. The predicted octanol–water partition coefficient (Wildman–Crippen LogP) is 6.22. The molecule has 0 saturated carbocycles. The fourth-order valence-electron chi connectivity index (χ4n) is 5.40. The zero-order valence-electron chi connectivity index (χ0n) is 21.7. The maximum Gasteiger partial charge on any atom is 0.246 e. The van der Waals surface area contributed by atoms with Crippen molar-refractivity contribution in [3.8, 4) is 11.3 Å². The van der Waals surface area contributed by atoms with Crippen molar-refractivity contribution in [2.24, 2.45) is 0 Å². The van der Waals surface area contributed by atoms with Crippen molar-refractivity contribution in [3.05, 3.63) is 96.3 Å². The van der Waals surface area contributed by atoms with E-state index in [1.807, 2.05) is 17.0 Å². The molecule has 1 amide bonds. The van der Waals surface area contributed by atoms with Crippen molar-refractivity contribution in [2.45, 2.75) is 32.7 Å². The van der Waals surface area contributed by atoms with E-state index in [2.05, 4.69) is 73.6 Å². The average molecular weight is 497 g/mol. The first-order valence-corrected chi connectivity index (χ1v) is 12.9. The summed E-state index contributed by atoms with van der Waals surface area (Å²) in [6.45, 7) is 12.8. The van der Waals surface area contributed by atoms with Crippen LogP contribution in [0.3, 0.4) is 0 Å². The Morgan fingerprint density at radius 1 is 1.05 bits per heavy atom. The van der Waals surface area contributed by atoms with E-state index in [0.29, 0.717) is 36.8 Å². The van der Waals surface area contributed by atoms with Gasteiger partial charge in [-0.2, -0.15) is 0 Å². The zero-order valence-corrected chi connectivity index (χ0v) is 21.7. The second-order valence-corrected chi connectivity index (χ2v) is 9.99. The Hall–Kier alpha value is -3.93. The second-order valence-electron chi connectivity index (χ2n) is 9.99. The Morgan fingerprint density at radius 3 is 2.54 bits per heavy atom. The van der Waals surface area contributed by atoms with Crippen LogP contribution in [0.2, 0.25) is 0 Å². The first kappa shape index (κ1) is 24.8. The number of rotatable bonds is 5. The van der Waals surface area contributed by atoms with Gasteiger partial charge in [-0.1, -0.05) is 50.8 Å². The van der Waals surface area contributed by atoms with Gasteiger partial charge in [0.15, 0.2) is 0 Å². The maximum atomic E-state index is 14.7. The molecule has 5 rings (SSSR count). The number of anilines is 2. The molecule has 0 aliphatic carbocycles. The van der Waals surface area contributed by atoms with E-state index in [4.69, 9.17) is 4.98 Å². The molecule has 1 atom stereocenters. The SMILES string of the molecule is C=CC(=O)N1CCN(C2=CCN(c3ccccc3C(C)C)c3nc(-c4ccccc4F)ccc32)[C@@H](C)C1. The number of amides is 1. The van der Waals surface area contributed by atoms with Crippen molar-refractivity contribution in [1.82, 2.24) is 14.8 Å². The van der Waals surface area contributed by atoms with Crippen molar-refractivity contribution in [3.63, 3.8) is 0 Å². The number of piperazine rings is 1. The van der Waals surface area contributed by atoms with Gasteiger partial charge in [-0.25, -0.2) is 9.37 Å². The summed E-state index contributed by atoms with van der Waals surface area (Å²) >= 11 is 0. The Morgan fingerprint density at radius 2 is 1.81 bits per heavy atom. The minimum Gasteiger partial charge on any atom is -0.365 e. The van der Waals surface area contributed by atoms with Crippen LogP contribution in [0.5, 0.6) is 0 Å². The molecule has 6 heteroatoms. The van der Waals surface area contributed by atoms with E-state index in [-0.39, 0.29) is 17.8 Å². The molecule has 0 spiro atoms. The quantitative estimate of drug-likeness (QED) is 0.393. The van der Waals surface area contributed by atoms with E-state index in [0.717, 1.165) is 29.3 Å². The first-order valence-electron chi connectivity index (χ1n) is 12.9. The average Bonchev–Trinajstić information content (AvgIpc) is 2.92. The van der Waals surface area contributed by atoms with Gasteiger partial charge < -0.3 is 14.7 Å². The number of halogens is 1. The summed E-state index contributed by atoms with van der Waals surface area (Å²) in [5, 5.41) is 0. The largest absolute Gasteiger partial charge is 0.365 e. The number of pyridine rings is 1. The molecule has 37 heavy (non-hydrogen) atoms. The van der Waals surface area contributed by atoms with Gasteiger partial charge in [0.05, 0.1) is 5.69 Å². The Kier molecular flexibility index (Phi) is 6.83. The summed E-state index contributed by atoms with van der Waals surface area (Å²) in [4.78, 5) is 23.7. The predicted molar refractivity (Wildman–Crippen MR) is 148 cm³/mol. The second kappa shape index (κ2) is 10.2. The van der Waals surface area contributed by atoms with Crippen molar-refractivity contribution >= 4 is 23.1 Å². The number of benzene rings is 2. The molecule has 3 heterocycles. The number of carbonyl (C=O) groups is 1. The van der Waals surface area contributed by atoms with Crippen LogP contribution in [0.15, 0.2) is 79.4 Å². The highest BCUT2D eigenvalue weighted by Crippen LogP contribution is 2.41. The van der Waals surface area contributed by atoms with E-state index in [9.17, 15) is 9.18 Å². The number of para-hydroxylation sites is 1. The van der Waals surface area contributed by atoms with Gasteiger partial charge in [0.25, 0.3) is 0 Å². The standard InChI is InChI=1S/C31H33FN4O/c1-5-30(37)34-18-19-35(22(4)20-34)29-16-17-36(28-13-9-7-10-23(28)21(2)3)31-25(29)14-15-27(33-31)24-11-6-8-12-26(24)32/h5-16,21-22H,1,17-20H2,2-4H3/t22-/m0/s1. The van der Waals surface area contributed by atoms with Crippen molar-refractivity contribution < 1.29 is 9.18 Å². The molecule has 0 radical (unpaired) electrons. The third-order valence-corrected chi connectivity index (χ3v) is 7.30. The summed E-state index contributed by atoms with van der Waals surface area (Å²) < 4.78 is 14.7. The van der Waals surface area contributed by atoms with Crippen LogP contribution in [0, 0.1) is 5.82 Å². The lowest BCUT2D eigenvalue weighted by Gasteiger charge is -2.44. The van der Waals surface area contributed by atoms with Crippen LogP contribution < -0.4 is 4.90 Å². The van der Waals surface area contributed by atoms with Crippen LogP contribution >= 0.6 is 0 Å². The minimum absolute atomic E-state index is 0.0304. The van der Waals surface area contributed by atoms with Crippen LogP contribution in [0.1, 0.15) is 37.8 Å².